The highest BCUT2D eigenvalue weighted by Gasteiger charge is 2.48. The van der Waals surface area contributed by atoms with E-state index in [1.807, 2.05) is 19.1 Å². The summed E-state index contributed by atoms with van der Waals surface area (Å²) in [7, 11) is 1.73. The van der Waals surface area contributed by atoms with E-state index in [0.717, 1.165) is 44.3 Å². The van der Waals surface area contributed by atoms with E-state index in [1.54, 1.807) is 7.11 Å². The van der Waals surface area contributed by atoms with Crippen molar-refractivity contribution in [3.63, 3.8) is 0 Å². The number of carbonyl (C=O) groups excluding carboxylic acids is 2. The van der Waals surface area contributed by atoms with Crippen LogP contribution in [-0.2, 0) is 19.1 Å². The van der Waals surface area contributed by atoms with E-state index >= 15 is 0 Å². The predicted octanol–water partition coefficient (Wildman–Crippen LogP) is 2.73. The maximum atomic E-state index is 13.8. The van der Waals surface area contributed by atoms with Gasteiger partial charge in [0.2, 0.25) is 11.8 Å². The standard InChI is InChI=1S/C24H35N3O4/c1-3-31-15-22(28)26-20-11-7-5-9-18(20)24(29)27-13-12-17-21(14-30-2)25-19-10-6-4-8-16(19)23(17)27/h4,6,8,10,17-18,20-21,23,25H,3,5,7,9,11-15H2,1-2H3,(H,26,28)/t17-,18-,20+,21-,23-/m0/s1. The number of methoxy groups -OCH3 is 1. The molecule has 1 saturated heterocycles. The fourth-order valence-corrected chi connectivity index (χ4v) is 5.68. The molecule has 0 radical (unpaired) electrons. The molecule has 7 heteroatoms. The molecule has 0 unspecified atom stereocenters. The molecule has 31 heavy (non-hydrogen) atoms. The third-order valence-corrected chi connectivity index (χ3v) is 7.08. The van der Waals surface area contributed by atoms with Gasteiger partial charge in [-0.05, 0) is 37.8 Å². The highest BCUT2D eigenvalue weighted by atomic mass is 16.5. The van der Waals surface area contributed by atoms with Crippen molar-refractivity contribution >= 4 is 17.5 Å². The van der Waals surface area contributed by atoms with Crippen LogP contribution < -0.4 is 10.6 Å². The fraction of sp³-hybridized carbons (Fsp3) is 0.667. The SMILES string of the molecule is CCOCC(=O)N[C@@H]1CCCC[C@@H]1C(=O)N1CC[C@H]2[C@H](COC)Nc3ccccc3[C@@H]21. The maximum Gasteiger partial charge on any atom is 0.246 e. The van der Waals surface area contributed by atoms with E-state index in [0.29, 0.717) is 19.1 Å². The average molecular weight is 430 g/mol. The smallest absolute Gasteiger partial charge is 0.246 e. The maximum absolute atomic E-state index is 13.8. The van der Waals surface area contributed by atoms with E-state index in [2.05, 4.69) is 27.7 Å². The summed E-state index contributed by atoms with van der Waals surface area (Å²) in [5.41, 5.74) is 2.29. The minimum Gasteiger partial charge on any atom is -0.383 e. The van der Waals surface area contributed by atoms with Crippen LogP contribution in [0.1, 0.15) is 50.6 Å². The lowest BCUT2D eigenvalue weighted by Gasteiger charge is -2.41. The number of carbonyl (C=O) groups is 2. The molecule has 0 spiro atoms. The molecule has 2 aliphatic heterocycles. The highest BCUT2D eigenvalue weighted by Crippen LogP contribution is 2.47. The second-order valence-electron chi connectivity index (χ2n) is 8.92. The third-order valence-electron chi connectivity index (χ3n) is 7.08. The lowest BCUT2D eigenvalue weighted by atomic mass is 9.81. The van der Waals surface area contributed by atoms with E-state index in [1.165, 1.54) is 5.56 Å². The number of ether oxygens (including phenoxy) is 2. The van der Waals surface area contributed by atoms with Gasteiger partial charge < -0.3 is 25.0 Å². The molecule has 2 fully saturated rings. The molecule has 2 heterocycles. The number of anilines is 1. The molecular formula is C24H35N3O4. The average Bonchev–Trinajstić information content (AvgIpc) is 3.24. The quantitative estimate of drug-likeness (QED) is 0.697. The predicted molar refractivity (Wildman–Crippen MR) is 119 cm³/mol. The van der Waals surface area contributed by atoms with Crippen molar-refractivity contribution in [3.8, 4) is 0 Å². The normalized spacial score (nSPS) is 29.6. The fourth-order valence-electron chi connectivity index (χ4n) is 5.68. The van der Waals surface area contributed by atoms with Gasteiger partial charge in [-0.25, -0.2) is 0 Å². The van der Waals surface area contributed by atoms with Crippen LogP contribution in [0.25, 0.3) is 0 Å². The molecular weight excluding hydrogens is 394 g/mol. The minimum absolute atomic E-state index is 0.0556. The highest BCUT2D eigenvalue weighted by molar-refractivity contribution is 5.83. The van der Waals surface area contributed by atoms with Gasteiger partial charge in [0, 0.05) is 37.9 Å². The van der Waals surface area contributed by atoms with Gasteiger partial charge in [-0.3, -0.25) is 9.59 Å². The molecule has 1 saturated carbocycles. The van der Waals surface area contributed by atoms with Crippen molar-refractivity contribution in [2.75, 3.05) is 38.8 Å². The van der Waals surface area contributed by atoms with Gasteiger partial charge in [0.25, 0.3) is 0 Å². The summed E-state index contributed by atoms with van der Waals surface area (Å²) in [5.74, 6) is 0.217. The van der Waals surface area contributed by atoms with Crippen molar-refractivity contribution in [2.24, 2.45) is 11.8 Å². The summed E-state index contributed by atoms with van der Waals surface area (Å²) in [6.45, 7) is 3.81. The van der Waals surface area contributed by atoms with E-state index in [4.69, 9.17) is 9.47 Å². The number of rotatable bonds is 7. The Morgan fingerprint density at radius 2 is 2.00 bits per heavy atom. The Morgan fingerprint density at radius 1 is 1.19 bits per heavy atom. The van der Waals surface area contributed by atoms with Gasteiger partial charge in [0.05, 0.1) is 24.6 Å². The Labute approximate surface area is 184 Å². The molecule has 0 bridgehead atoms. The Morgan fingerprint density at radius 3 is 2.81 bits per heavy atom. The molecule has 1 aliphatic carbocycles. The van der Waals surface area contributed by atoms with Crippen molar-refractivity contribution in [1.29, 1.82) is 0 Å². The monoisotopic (exact) mass is 429 g/mol. The van der Waals surface area contributed by atoms with Gasteiger partial charge in [-0.2, -0.15) is 0 Å². The van der Waals surface area contributed by atoms with Gasteiger partial charge in [0.1, 0.15) is 6.61 Å². The van der Waals surface area contributed by atoms with Crippen molar-refractivity contribution in [2.45, 2.75) is 57.2 Å². The van der Waals surface area contributed by atoms with Crippen molar-refractivity contribution in [3.05, 3.63) is 29.8 Å². The first kappa shape index (κ1) is 22.1. The first-order chi connectivity index (χ1) is 15.1. The van der Waals surface area contributed by atoms with Crippen LogP contribution in [0.15, 0.2) is 24.3 Å². The number of nitrogens with zero attached hydrogens (tertiary/aromatic N) is 1. The Hall–Kier alpha value is -2.12. The number of hydrogen-bond acceptors (Lipinski definition) is 5. The van der Waals surface area contributed by atoms with Crippen LogP contribution >= 0.6 is 0 Å². The van der Waals surface area contributed by atoms with Crippen LogP contribution in [0.5, 0.6) is 0 Å². The third kappa shape index (κ3) is 4.58. The number of para-hydroxylation sites is 1. The minimum atomic E-state index is -0.166. The number of nitrogens with one attached hydrogen (secondary N) is 2. The van der Waals surface area contributed by atoms with Crippen molar-refractivity contribution in [1.82, 2.24) is 10.2 Å². The number of likely N-dealkylation sites (tertiary alicyclic amines) is 1. The second-order valence-corrected chi connectivity index (χ2v) is 8.92. The Balaban J connectivity index is 1.54. The van der Waals surface area contributed by atoms with E-state index in [-0.39, 0.29) is 42.5 Å². The summed E-state index contributed by atoms with van der Waals surface area (Å²) in [6.07, 6.45) is 4.70. The molecule has 1 aromatic carbocycles. The van der Waals surface area contributed by atoms with Gasteiger partial charge in [0.15, 0.2) is 0 Å². The van der Waals surface area contributed by atoms with Crippen LogP contribution in [0.3, 0.4) is 0 Å². The van der Waals surface area contributed by atoms with Crippen LogP contribution in [0, 0.1) is 11.8 Å². The van der Waals surface area contributed by atoms with E-state index in [9.17, 15) is 9.59 Å². The summed E-state index contributed by atoms with van der Waals surface area (Å²) in [4.78, 5) is 28.2. The zero-order chi connectivity index (χ0) is 21.8. The number of benzene rings is 1. The summed E-state index contributed by atoms with van der Waals surface area (Å²) in [5, 5.41) is 6.71. The molecule has 5 atom stereocenters. The topological polar surface area (TPSA) is 79.9 Å². The Kier molecular flexibility index (Phi) is 7.13. The first-order valence-electron chi connectivity index (χ1n) is 11.7. The zero-order valence-corrected chi connectivity index (χ0v) is 18.6. The van der Waals surface area contributed by atoms with Crippen LogP contribution in [0.4, 0.5) is 5.69 Å². The van der Waals surface area contributed by atoms with Crippen molar-refractivity contribution < 1.29 is 19.1 Å². The lowest BCUT2D eigenvalue weighted by molar-refractivity contribution is -0.140. The molecule has 1 aromatic rings. The largest absolute Gasteiger partial charge is 0.383 e. The molecule has 3 aliphatic rings. The number of amides is 2. The van der Waals surface area contributed by atoms with Gasteiger partial charge in [-0.15, -0.1) is 0 Å². The summed E-state index contributed by atoms with van der Waals surface area (Å²) in [6, 6.07) is 8.44. The molecule has 0 aromatic heterocycles. The lowest BCUT2D eigenvalue weighted by Crippen LogP contribution is -2.51. The first-order valence-corrected chi connectivity index (χ1v) is 11.7. The molecule has 170 valence electrons. The molecule has 7 nitrogen and oxygen atoms in total. The van der Waals surface area contributed by atoms with Crippen LogP contribution in [0.2, 0.25) is 0 Å². The Bertz CT molecular complexity index is 786. The van der Waals surface area contributed by atoms with Gasteiger partial charge >= 0.3 is 0 Å². The number of fused-ring (bicyclic) bond motifs is 3. The second kappa shape index (κ2) is 10.0. The summed E-state index contributed by atoms with van der Waals surface area (Å²) >= 11 is 0. The molecule has 2 N–H and O–H groups in total. The summed E-state index contributed by atoms with van der Waals surface area (Å²) < 4.78 is 10.7. The van der Waals surface area contributed by atoms with E-state index < -0.39 is 0 Å². The molecule has 4 rings (SSSR count). The number of hydrogen-bond donors (Lipinski definition) is 2. The van der Waals surface area contributed by atoms with Gasteiger partial charge in [-0.1, -0.05) is 31.0 Å². The van der Waals surface area contributed by atoms with Crippen LogP contribution in [-0.4, -0.2) is 62.3 Å². The zero-order valence-electron chi connectivity index (χ0n) is 18.6. The molecule has 2 amide bonds.